The number of carbonyl (C=O) groups is 1. The highest BCUT2D eigenvalue weighted by atomic mass is 32.2. The van der Waals surface area contributed by atoms with Crippen molar-refractivity contribution in [2.45, 2.75) is 11.7 Å². The van der Waals surface area contributed by atoms with E-state index < -0.39 is 0 Å². The molecule has 1 aromatic carbocycles. The third-order valence-corrected chi connectivity index (χ3v) is 5.75. The minimum atomic E-state index is -0.378. The Hall–Kier alpha value is -3.11. The van der Waals surface area contributed by atoms with Crippen LogP contribution in [0.4, 0.5) is 10.1 Å². The largest absolute Gasteiger partial charge is 0.325 e. The van der Waals surface area contributed by atoms with E-state index in [9.17, 15) is 14.0 Å². The zero-order chi connectivity index (χ0) is 20.2. The third-order valence-electron chi connectivity index (χ3n) is 3.91. The number of thioether (sulfide) groups is 1. The summed E-state index contributed by atoms with van der Waals surface area (Å²) in [5.74, 6) is -0.644. The van der Waals surface area contributed by atoms with Crippen LogP contribution < -0.4 is 10.9 Å². The second-order valence-electron chi connectivity index (χ2n) is 5.94. The van der Waals surface area contributed by atoms with E-state index in [4.69, 9.17) is 0 Å². The van der Waals surface area contributed by atoms with E-state index in [0.29, 0.717) is 17.4 Å². The van der Waals surface area contributed by atoms with Gasteiger partial charge >= 0.3 is 0 Å². The van der Waals surface area contributed by atoms with Gasteiger partial charge in [0.05, 0.1) is 12.3 Å². The van der Waals surface area contributed by atoms with Gasteiger partial charge in [-0.15, -0.1) is 11.3 Å². The molecule has 146 valence electrons. The maximum atomic E-state index is 13.0. The highest BCUT2D eigenvalue weighted by Gasteiger charge is 2.15. The Kier molecular flexibility index (Phi) is 5.63. The van der Waals surface area contributed by atoms with Crippen LogP contribution in [0.2, 0.25) is 0 Å². The third kappa shape index (κ3) is 4.49. The predicted molar refractivity (Wildman–Crippen MR) is 111 cm³/mol. The van der Waals surface area contributed by atoms with Crippen molar-refractivity contribution in [2.75, 3.05) is 11.1 Å². The zero-order valence-corrected chi connectivity index (χ0v) is 16.5. The Bertz CT molecular complexity index is 1210. The van der Waals surface area contributed by atoms with E-state index in [1.165, 1.54) is 52.6 Å². The van der Waals surface area contributed by atoms with E-state index in [2.05, 4.69) is 20.3 Å². The normalized spacial score (nSPS) is 10.9. The standard InChI is InChI=1S/C19H14FN5O2S2/c20-12-3-5-13(6-4-12)23-15(26)11-29-19-24-17-16(21-7-8-22-17)18(27)25(19)10-14-2-1-9-28-14/h1-9H,10-11H2,(H,23,26). The van der Waals surface area contributed by atoms with Crippen LogP contribution in [0.25, 0.3) is 11.2 Å². The molecule has 0 aliphatic carbocycles. The lowest BCUT2D eigenvalue weighted by Gasteiger charge is -2.11. The number of benzene rings is 1. The summed E-state index contributed by atoms with van der Waals surface area (Å²) in [5.41, 5.74) is 0.605. The minimum Gasteiger partial charge on any atom is -0.325 e. The number of hydrogen-bond donors (Lipinski definition) is 1. The summed E-state index contributed by atoms with van der Waals surface area (Å²) in [4.78, 5) is 38.8. The van der Waals surface area contributed by atoms with Crippen LogP contribution in [0.1, 0.15) is 4.88 Å². The van der Waals surface area contributed by atoms with Gasteiger partial charge in [0.1, 0.15) is 5.82 Å². The average molecular weight is 427 g/mol. The van der Waals surface area contributed by atoms with E-state index in [1.54, 1.807) is 0 Å². The van der Waals surface area contributed by atoms with Crippen LogP contribution in [0, 0.1) is 5.82 Å². The summed E-state index contributed by atoms with van der Waals surface area (Å²) in [5, 5.41) is 5.00. The molecule has 0 unspecified atom stereocenters. The average Bonchev–Trinajstić information content (AvgIpc) is 3.24. The van der Waals surface area contributed by atoms with Crippen molar-refractivity contribution in [3.05, 3.63) is 75.2 Å². The molecule has 4 rings (SSSR count). The number of nitrogens with one attached hydrogen (secondary N) is 1. The van der Waals surface area contributed by atoms with Gasteiger partial charge in [-0.25, -0.2) is 19.3 Å². The lowest BCUT2D eigenvalue weighted by molar-refractivity contribution is -0.113. The number of amides is 1. The summed E-state index contributed by atoms with van der Waals surface area (Å²) in [6.07, 6.45) is 2.91. The first kappa shape index (κ1) is 19.2. The van der Waals surface area contributed by atoms with Crippen molar-refractivity contribution in [1.82, 2.24) is 19.5 Å². The Labute approximate surface area is 172 Å². The molecule has 0 saturated carbocycles. The highest BCUT2D eigenvalue weighted by molar-refractivity contribution is 7.99. The molecule has 0 radical (unpaired) electrons. The smallest absolute Gasteiger partial charge is 0.282 e. The molecule has 1 amide bonds. The van der Waals surface area contributed by atoms with Gasteiger partial charge in [0.25, 0.3) is 5.56 Å². The summed E-state index contributed by atoms with van der Waals surface area (Å²) in [6.45, 7) is 0.331. The minimum absolute atomic E-state index is 0.0278. The molecule has 10 heteroatoms. The zero-order valence-electron chi connectivity index (χ0n) is 14.9. The van der Waals surface area contributed by atoms with Gasteiger partial charge in [-0.1, -0.05) is 17.8 Å². The molecule has 7 nitrogen and oxygen atoms in total. The van der Waals surface area contributed by atoms with Crippen LogP contribution >= 0.6 is 23.1 Å². The number of aromatic nitrogens is 4. The molecular formula is C19H14FN5O2S2. The predicted octanol–water partition coefficient (Wildman–Crippen LogP) is 3.17. The van der Waals surface area contributed by atoms with E-state index in [0.717, 1.165) is 16.6 Å². The molecule has 29 heavy (non-hydrogen) atoms. The van der Waals surface area contributed by atoms with Gasteiger partial charge < -0.3 is 5.32 Å². The van der Waals surface area contributed by atoms with Crippen molar-refractivity contribution in [2.24, 2.45) is 0 Å². The molecule has 1 N–H and O–H groups in total. The van der Waals surface area contributed by atoms with Crippen molar-refractivity contribution in [3.8, 4) is 0 Å². The fourth-order valence-corrected chi connectivity index (χ4v) is 4.08. The number of hydrogen-bond acceptors (Lipinski definition) is 7. The van der Waals surface area contributed by atoms with Crippen molar-refractivity contribution in [3.63, 3.8) is 0 Å². The molecule has 0 aliphatic rings. The molecule has 3 heterocycles. The number of rotatable bonds is 6. The lowest BCUT2D eigenvalue weighted by atomic mass is 10.3. The lowest BCUT2D eigenvalue weighted by Crippen LogP contribution is -2.25. The first-order valence-corrected chi connectivity index (χ1v) is 10.4. The Balaban J connectivity index is 1.58. The molecule has 0 bridgehead atoms. The van der Waals surface area contributed by atoms with Crippen molar-refractivity contribution < 1.29 is 9.18 Å². The number of anilines is 1. The quantitative estimate of drug-likeness (QED) is 0.376. The first-order chi connectivity index (χ1) is 14.1. The summed E-state index contributed by atoms with van der Waals surface area (Å²) in [7, 11) is 0. The molecule has 0 saturated heterocycles. The maximum absolute atomic E-state index is 13.0. The molecule has 0 spiro atoms. The molecule has 0 aliphatic heterocycles. The number of thiophene rings is 1. The van der Waals surface area contributed by atoms with Gasteiger partial charge in [-0.05, 0) is 35.7 Å². The van der Waals surface area contributed by atoms with Crippen LogP contribution in [0.5, 0.6) is 0 Å². The van der Waals surface area contributed by atoms with Crippen LogP contribution in [0.3, 0.4) is 0 Å². The second-order valence-corrected chi connectivity index (χ2v) is 7.91. The van der Waals surface area contributed by atoms with Gasteiger partial charge in [0, 0.05) is 23.0 Å². The second kappa shape index (κ2) is 8.50. The fraction of sp³-hybridized carbons (Fsp3) is 0.105. The Morgan fingerprint density at radius 3 is 2.72 bits per heavy atom. The molecular weight excluding hydrogens is 413 g/mol. The topological polar surface area (TPSA) is 89.8 Å². The Morgan fingerprint density at radius 1 is 1.17 bits per heavy atom. The summed E-state index contributed by atoms with van der Waals surface area (Å²) < 4.78 is 14.5. The summed E-state index contributed by atoms with van der Waals surface area (Å²) >= 11 is 2.66. The number of halogens is 1. The van der Waals surface area contributed by atoms with Crippen LogP contribution in [-0.4, -0.2) is 31.2 Å². The highest BCUT2D eigenvalue weighted by Crippen LogP contribution is 2.19. The van der Waals surface area contributed by atoms with Crippen LogP contribution in [0.15, 0.2) is 64.1 Å². The van der Waals surface area contributed by atoms with Crippen molar-refractivity contribution >= 4 is 45.9 Å². The number of fused-ring (bicyclic) bond motifs is 1. The van der Waals surface area contributed by atoms with Crippen molar-refractivity contribution in [1.29, 1.82) is 0 Å². The number of nitrogens with zero attached hydrogens (tertiary/aromatic N) is 4. The van der Waals surface area contributed by atoms with Gasteiger partial charge in [0.2, 0.25) is 5.91 Å². The van der Waals surface area contributed by atoms with Gasteiger partial charge in [-0.3, -0.25) is 14.2 Å². The molecule has 0 atom stereocenters. The number of carbonyl (C=O) groups excluding carboxylic acids is 1. The van der Waals surface area contributed by atoms with E-state index in [-0.39, 0.29) is 34.2 Å². The Morgan fingerprint density at radius 2 is 1.97 bits per heavy atom. The maximum Gasteiger partial charge on any atom is 0.282 e. The van der Waals surface area contributed by atoms with Crippen LogP contribution in [-0.2, 0) is 11.3 Å². The SMILES string of the molecule is O=C(CSc1nc2nccnc2c(=O)n1Cc1cccs1)Nc1ccc(F)cc1. The first-order valence-electron chi connectivity index (χ1n) is 8.52. The van der Waals surface area contributed by atoms with Gasteiger partial charge in [-0.2, -0.15) is 0 Å². The van der Waals surface area contributed by atoms with E-state index >= 15 is 0 Å². The monoisotopic (exact) mass is 427 g/mol. The molecule has 0 fully saturated rings. The van der Waals surface area contributed by atoms with E-state index in [1.807, 2.05) is 17.5 Å². The van der Waals surface area contributed by atoms with Gasteiger partial charge in [0.15, 0.2) is 16.3 Å². The molecule has 3 aromatic heterocycles. The fourth-order valence-electron chi connectivity index (χ4n) is 2.60. The molecule has 4 aromatic rings. The summed E-state index contributed by atoms with van der Waals surface area (Å²) in [6, 6.07) is 9.33.